The zero-order valence-corrected chi connectivity index (χ0v) is 10.0. The standard InChI is InChI=1S/C9H13F4N3O3/c1-17-3-2-14-8-15-6(16-19-8)4-18-5-9(12,13)7(10)11/h7H,2-5H2,1H3,(H,14,15,16). The molecule has 0 fully saturated rings. The van der Waals surface area contributed by atoms with Gasteiger partial charge in [0, 0.05) is 13.7 Å². The molecule has 0 unspecified atom stereocenters. The predicted molar refractivity (Wildman–Crippen MR) is 55.3 cm³/mol. The van der Waals surface area contributed by atoms with E-state index in [0.717, 1.165) is 0 Å². The first-order valence-electron chi connectivity index (χ1n) is 5.25. The van der Waals surface area contributed by atoms with E-state index >= 15 is 0 Å². The van der Waals surface area contributed by atoms with Gasteiger partial charge in [0.05, 0.1) is 6.61 Å². The Morgan fingerprint density at radius 2 is 2.16 bits per heavy atom. The van der Waals surface area contributed by atoms with Crippen LogP contribution in [0.2, 0.25) is 0 Å². The molecule has 19 heavy (non-hydrogen) atoms. The van der Waals surface area contributed by atoms with Crippen molar-refractivity contribution in [1.82, 2.24) is 10.1 Å². The summed E-state index contributed by atoms with van der Waals surface area (Å²) in [6.45, 7) is -1.03. The van der Waals surface area contributed by atoms with Gasteiger partial charge in [0.1, 0.15) is 13.2 Å². The largest absolute Gasteiger partial charge is 0.383 e. The van der Waals surface area contributed by atoms with E-state index in [2.05, 4.69) is 20.2 Å². The van der Waals surface area contributed by atoms with Crippen LogP contribution in [0.5, 0.6) is 0 Å². The lowest BCUT2D eigenvalue weighted by atomic mass is 10.4. The van der Waals surface area contributed by atoms with Crippen LogP contribution in [0.1, 0.15) is 5.82 Å². The summed E-state index contributed by atoms with van der Waals surface area (Å²) in [6, 6.07) is 0.0660. The highest BCUT2D eigenvalue weighted by atomic mass is 19.3. The molecule has 0 saturated carbocycles. The van der Waals surface area contributed by atoms with Crippen molar-refractivity contribution in [3.8, 4) is 0 Å². The third kappa shape index (κ3) is 5.39. The Kier molecular flexibility index (Phi) is 5.96. The lowest BCUT2D eigenvalue weighted by Gasteiger charge is -2.14. The van der Waals surface area contributed by atoms with E-state index in [4.69, 9.17) is 9.26 Å². The minimum atomic E-state index is -4.19. The molecule has 1 heterocycles. The smallest absolute Gasteiger partial charge is 0.330 e. The Balaban J connectivity index is 2.30. The molecule has 1 aromatic rings. The Bertz CT molecular complexity index is 375. The first kappa shape index (κ1) is 15.6. The number of halogens is 4. The Hall–Kier alpha value is -1.42. The van der Waals surface area contributed by atoms with E-state index < -0.39 is 25.6 Å². The number of rotatable bonds is 9. The Labute approximate surface area is 106 Å². The number of aromatic nitrogens is 2. The lowest BCUT2D eigenvalue weighted by molar-refractivity contribution is -0.168. The van der Waals surface area contributed by atoms with Crippen LogP contribution in [0.25, 0.3) is 0 Å². The van der Waals surface area contributed by atoms with Crippen molar-refractivity contribution in [3.63, 3.8) is 0 Å². The van der Waals surface area contributed by atoms with E-state index in [1.165, 1.54) is 7.11 Å². The van der Waals surface area contributed by atoms with E-state index in [9.17, 15) is 17.6 Å². The van der Waals surface area contributed by atoms with Crippen LogP contribution in [-0.2, 0) is 16.1 Å². The average molecular weight is 287 g/mol. The third-order valence-corrected chi connectivity index (χ3v) is 1.90. The lowest BCUT2D eigenvalue weighted by Crippen LogP contribution is -2.32. The number of ether oxygens (including phenoxy) is 2. The van der Waals surface area contributed by atoms with Crippen LogP contribution in [0.3, 0.4) is 0 Å². The van der Waals surface area contributed by atoms with Crippen molar-refractivity contribution in [2.24, 2.45) is 0 Å². The van der Waals surface area contributed by atoms with Gasteiger partial charge in [-0.25, -0.2) is 8.78 Å². The summed E-state index contributed by atoms with van der Waals surface area (Å²) in [5.74, 6) is -4.21. The molecule has 110 valence electrons. The molecule has 0 spiro atoms. The van der Waals surface area contributed by atoms with Crippen LogP contribution in [0.4, 0.5) is 23.6 Å². The van der Waals surface area contributed by atoms with Gasteiger partial charge in [-0.2, -0.15) is 13.8 Å². The number of hydrogen-bond donors (Lipinski definition) is 1. The zero-order chi connectivity index (χ0) is 14.3. The fraction of sp³-hybridized carbons (Fsp3) is 0.778. The third-order valence-electron chi connectivity index (χ3n) is 1.90. The number of anilines is 1. The van der Waals surface area contributed by atoms with E-state index in [1.807, 2.05) is 0 Å². The summed E-state index contributed by atoms with van der Waals surface area (Å²) >= 11 is 0. The zero-order valence-electron chi connectivity index (χ0n) is 10.0. The normalized spacial score (nSPS) is 12.1. The first-order chi connectivity index (χ1) is 8.95. The van der Waals surface area contributed by atoms with Crippen molar-refractivity contribution in [1.29, 1.82) is 0 Å². The molecule has 0 aliphatic heterocycles. The van der Waals surface area contributed by atoms with Crippen LogP contribution in [-0.4, -0.2) is 49.4 Å². The summed E-state index contributed by atoms with van der Waals surface area (Å²) in [6.07, 6.45) is -3.77. The minimum Gasteiger partial charge on any atom is -0.383 e. The molecule has 0 aromatic carbocycles. The van der Waals surface area contributed by atoms with Gasteiger partial charge in [0.15, 0.2) is 5.82 Å². The number of alkyl halides is 4. The van der Waals surface area contributed by atoms with Crippen LogP contribution in [0.15, 0.2) is 4.52 Å². The topological polar surface area (TPSA) is 69.4 Å². The average Bonchev–Trinajstić information content (AvgIpc) is 2.77. The quantitative estimate of drug-likeness (QED) is 0.549. The second kappa shape index (κ2) is 7.24. The van der Waals surface area contributed by atoms with Gasteiger partial charge in [-0.15, -0.1) is 0 Å². The first-order valence-corrected chi connectivity index (χ1v) is 5.25. The second-order valence-electron chi connectivity index (χ2n) is 3.49. The molecular formula is C9H13F4N3O3. The van der Waals surface area contributed by atoms with Gasteiger partial charge in [-0.05, 0) is 0 Å². The van der Waals surface area contributed by atoms with Gasteiger partial charge in [0.2, 0.25) is 0 Å². The highest BCUT2D eigenvalue weighted by molar-refractivity contribution is 5.17. The van der Waals surface area contributed by atoms with E-state index in [-0.39, 0.29) is 11.8 Å². The number of hydrogen-bond acceptors (Lipinski definition) is 6. The van der Waals surface area contributed by atoms with Gasteiger partial charge in [0.25, 0.3) is 0 Å². The molecule has 0 aliphatic rings. The summed E-state index contributed by atoms with van der Waals surface area (Å²) in [4.78, 5) is 3.74. The highest BCUT2D eigenvalue weighted by Crippen LogP contribution is 2.23. The van der Waals surface area contributed by atoms with Crippen molar-refractivity contribution >= 4 is 6.01 Å². The van der Waals surface area contributed by atoms with E-state index in [0.29, 0.717) is 13.2 Å². The van der Waals surface area contributed by atoms with Gasteiger partial charge in [-0.1, -0.05) is 5.16 Å². The van der Waals surface area contributed by atoms with Crippen molar-refractivity contribution in [3.05, 3.63) is 5.82 Å². The monoisotopic (exact) mass is 287 g/mol. The summed E-state index contributed by atoms with van der Waals surface area (Å²) < 4.78 is 62.5. The SMILES string of the molecule is COCCNc1nc(COCC(F)(F)C(F)F)no1. The van der Waals surface area contributed by atoms with Crippen LogP contribution >= 0.6 is 0 Å². The van der Waals surface area contributed by atoms with Crippen molar-refractivity contribution in [2.75, 3.05) is 32.2 Å². The molecule has 0 saturated heterocycles. The molecule has 1 aromatic heterocycles. The molecular weight excluding hydrogens is 274 g/mol. The van der Waals surface area contributed by atoms with Gasteiger partial charge >= 0.3 is 18.4 Å². The molecule has 1 rings (SSSR count). The number of nitrogens with one attached hydrogen (secondary N) is 1. The summed E-state index contributed by atoms with van der Waals surface area (Å²) in [5.41, 5.74) is 0. The second-order valence-corrected chi connectivity index (χ2v) is 3.49. The molecule has 0 bridgehead atoms. The number of methoxy groups -OCH3 is 1. The molecule has 0 atom stereocenters. The molecule has 0 radical (unpaired) electrons. The summed E-state index contributed by atoms with van der Waals surface area (Å²) in [7, 11) is 1.51. The maximum Gasteiger partial charge on any atom is 0.330 e. The molecule has 10 heteroatoms. The number of nitrogens with zero attached hydrogens (tertiary/aromatic N) is 2. The predicted octanol–water partition coefficient (Wildman–Crippen LogP) is 1.54. The van der Waals surface area contributed by atoms with Crippen LogP contribution < -0.4 is 5.32 Å². The van der Waals surface area contributed by atoms with Crippen molar-refractivity contribution < 1.29 is 31.6 Å². The highest BCUT2D eigenvalue weighted by Gasteiger charge is 2.41. The minimum absolute atomic E-state index is 0.0232. The van der Waals surface area contributed by atoms with E-state index in [1.54, 1.807) is 0 Å². The maximum absolute atomic E-state index is 12.5. The van der Waals surface area contributed by atoms with Crippen molar-refractivity contribution in [2.45, 2.75) is 19.0 Å². The maximum atomic E-state index is 12.5. The Morgan fingerprint density at radius 1 is 1.42 bits per heavy atom. The molecule has 0 aliphatic carbocycles. The van der Waals surface area contributed by atoms with Crippen LogP contribution in [0, 0.1) is 0 Å². The van der Waals surface area contributed by atoms with Gasteiger partial charge < -0.3 is 19.3 Å². The fourth-order valence-corrected chi connectivity index (χ4v) is 0.986. The van der Waals surface area contributed by atoms with Gasteiger partial charge in [-0.3, -0.25) is 0 Å². The molecule has 1 N–H and O–H groups in total. The Morgan fingerprint density at radius 3 is 2.79 bits per heavy atom. The molecule has 0 amide bonds. The fourth-order valence-electron chi connectivity index (χ4n) is 0.986. The summed E-state index contributed by atoms with van der Waals surface area (Å²) in [5, 5.41) is 6.11. The molecule has 6 nitrogen and oxygen atoms in total.